The molecule has 0 saturated heterocycles. The van der Waals surface area contributed by atoms with Crippen molar-refractivity contribution in [2.75, 3.05) is 5.32 Å². The van der Waals surface area contributed by atoms with E-state index in [2.05, 4.69) is 22.3 Å². The number of hydrogen-bond acceptors (Lipinski definition) is 5. The first-order valence-corrected chi connectivity index (χ1v) is 11.1. The van der Waals surface area contributed by atoms with Crippen molar-refractivity contribution in [3.63, 3.8) is 0 Å². The van der Waals surface area contributed by atoms with Gasteiger partial charge in [-0.05, 0) is 50.3 Å². The molecule has 1 N–H and O–H groups in total. The zero-order valence-electron chi connectivity index (χ0n) is 15.7. The van der Waals surface area contributed by atoms with Crippen LogP contribution >= 0.6 is 22.7 Å². The molecule has 1 aromatic carbocycles. The maximum atomic E-state index is 12.9. The molecule has 142 valence electrons. The molecule has 0 saturated carbocycles. The molecule has 0 spiro atoms. The van der Waals surface area contributed by atoms with Crippen molar-refractivity contribution in [2.45, 2.75) is 33.1 Å². The second-order valence-corrected chi connectivity index (χ2v) is 9.47. The lowest BCUT2D eigenvalue weighted by Crippen LogP contribution is -2.10. The molecule has 3 heterocycles. The maximum Gasteiger partial charge on any atom is 0.267 e. The number of rotatable bonds is 3. The number of thiophene rings is 1. The van der Waals surface area contributed by atoms with Gasteiger partial charge in [0.15, 0.2) is 5.13 Å². The van der Waals surface area contributed by atoms with E-state index in [-0.39, 0.29) is 5.91 Å². The van der Waals surface area contributed by atoms with Gasteiger partial charge >= 0.3 is 0 Å². The van der Waals surface area contributed by atoms with Gasteiger partial charge in [0.2, 0.25) is 0 Å². The lowest BCUT2D eigenvalue weighted by atomic mass is 9.93. The Bertz CT molecular complexity index is 1170. The average Bonchev–Trinajstić information content (AvgIpc) is 3.36. The number of thiazole rings is 1. The van der Waals surface area contributed by atoms with Crippen LogP contribution < -0.4 is 5.32 Å². The number of amides is 1. The molecule has 0 aliphatic heterocycles. The number of hydrogen-bond donors (Lipinski definition) is 1. The third-order valence-electron chi connectivity index (χ3n) is 5.18. The molecule has 0 unspecified atom stereocenters. The molecule has 0 bridgehead atoms. The Morgan fingerprint density at radius 3 is 2.89 bits per heavy atom. The Labute approximate surface area is 171 Å². The van der Waals surface area contributed by atoms with Crippen LogP contribution in [0.2, 0.25) is 0 Å². The summed E-state index contributed by atoms with van der Waals surface area (Å²) in [5, 5.41) is 9.38. The fourth-order valence-corrected chi connectivity index (χ4v) is 5.90. The molecular formula is C21H20N4OS2. The van der Waals surface area contributed by atoms with Gasteiger partial charge in [0.05, 0.1) is 22.0 Å². The van der Waals surface area contributed by atoms with Crippen molar-refractivity contribution in [2.24, 2.45) is 5.92 Å². The second-order valence-electron chi connectivity index (χ2n) is 7.35. The van der Waals surface area contributed by atoms with Crippen molar-refractivity contribution in [3.05, 3.63) is 57.5 Å². The maximum absolute atomic E-state index is 12.9. The van der Waals surface area contributed by atoms with E-state index >= 15 is 0 Å². The Balaban J connectivity index is 1.44. The van der Waals surface area contributed by atoms with Crippen LogP contribution in [-0.2, 0) is 12.8 Å². The quantitative estimate of drug-likeness (QED) is 0.505. The zero-order chi connectivity index (χ0) is 19.3. The van der Waals surface area contributed by atoms with Crippen LogP contribution in [0.15, 0.2) is 36.4 Å². The minimum absolute atomic E-state index is 0.0978. The third kappa shape index (κ3) is 3.04. The molecule has 1 atom stereocenters. The fraction of sp³-hybridized carbons (Fsp3) is 0.286. The van der Waals surface area contributed by atoms with Gasteiger partial charge in [-0.1, -0.05) is 25.1 Å². The Hall–Kier alpha value is -2.51. The summed E-state index contributed by atoms with van der Waals surface area (Å²) in [5.74, 6) is 0.599. The van der Waals surface area contributed by atoms with Crippen LogP contribution in [0, 0.1) is 12.8 Å². The zero-order valence-corrected chi connectivity index (χ0v) is 17.4. The number of anilines is 1. The largest absolute Gasteiger partial charge is 0.297 e. The lowest BCUT2D eigenvalue weighted by molar-refractivity contribution is 0.103. The Morgan fingerprint density at radius 2 is 2.07 bits per heavy atom. The number of para-hydroxylation sites is 1. The summed E-state index contributed by atoms with van der Waals surface area (Å²) < 4.78 is 1.91. The second kappa shape index (κ2) is 6.83. The summed E-state index contributed by atoms with van der Waals surface area (Å²) in [6, 6.07) is 11.9. The molecule has 5 nitrogen and oxygen atoms in total. The van der Waals surface area contributed by atoms with Gasteiger partial charge in [0.25, 0.3) is 5.91 Å². The fourth-order valence-electron chi connectivity index (χ4n) is 3.66. The normalized spacial score (nSPS) is 16.3. The highest BCUT2D eigenvalue weighted by Gasteiger charge is 2.22. The molecular weight excluding hydrogens is 388 g/mol. The highest BCUT2D eigenvalue weighted by molar-refractivity contribution is 7.20. The lowest BCUT2D eigenvalue weighted by Gasteiger charge is -2.15. The number of aryl methyl sites for hydroxylation is 2. The number of nitrogens with one attached hydrogen (secondary N) is 1. The number of carbonyl (C=O) groups is 1. The van der Waals surface area contributed by atoms with E-state index in [4.69, 9.17) is 0 Å². The van der Waals surface area contributed by atoms with E-state index in [9.17, 15) is 4.79 Å². The summed E-state index contributed by atoms with van der Waals surface area (Å²) in [5.41, 5.74) is 3.08. The van der Waals surface area contributed by atoms with E-state index in [0.29, 0.717) is 15.9 Å². The van der Waals surface area contributed by atoms with Gasteiger partial charge in [-0.2, -0.15) is 5.10 Å². The first kappa shape index (κ1) is 17.6. The van der Waals surface area contributed by atoms with E-state index in [1.165, 1.54) is 22.6 Å². The summed E-state index contributed by atoms with van der Waals surface area (Å²) in [4.78, 5) is 20.5. The van der Waals surface area contributed by atoms with Crippen LogP contribution in [0.5, 0.6) is 0 Å². The minimum Gasteiger partial charge on any atom is -0.297 e. The van der Waals surface area contributed by atoms with E-state index < -0.39 is 0 Å². The molecule has 28 heavy (non-hydrogen) atoms. The van der Waals surface area contributed by atoms with Crippen LogP contribution in [0.25, 0.3) is 15.9 Å². The number of benzene rings is 1. The van der Waals surface area contributed by atoms with Gasteiger partial charge < -0.3 is 0 Å². The molecule has 3 aromatic heterocycles. The van der Waals surface area contributed by atoms with E-state index in [1.807, 2.05) is 48.0 Å². The molecule has 1 aliphatic rings. The number of carbonyl (C=O) groups excluding carboxylic acids is 1. The van der Waals surface area contributed by atoms with Crippen LogP contribution in [0.3, 0.4) is 0 Å². The Kier molecular flexibility index (Phi) is 4.29. The molecule has 0 radical (unpaired) electrons. The van der Waals surface area contributed by atoms with Crippen LogP contribution in [0.4, 0.5) is 5.13 Å². The van der Waals surface area contributed by atoms with Gasteiger partial charge in [-0.15, -0.1) is 22.7 Å². The number of nitrogens with zero attached hydrogens (tertiary/aromatic N) is 3. The summed E-state index contributed by atoms with van der Waals surface area (Å²) in [7, 11) is 0. The van der Waals surface area contributed by atoms with E-state index in [1.54, 1.807) is 11.3 Å². The Morgan fingerprint density at radius 1 is 1.25 bits per heavy atom. The molecule has 0 fully saturated rings. The van der Waals surface area contributed by atoms with Crippen molar-refractivity contribution in [1.82, 2.24) is 14.8 Å². The van der Waals surface area contributed by atoms with Crippen molar-refractivity contribution in [1.29, 1.82) is 0 Å². The van der Waals surface area contributed by atoms with Crippen molar-refractivity contribution < 1.29 is 4.79 Å². The third-order valence-corrected chi connectivity index (χ3v) is 7.32. The first-order valence-electron chi connectivity index (χ1n) is 9.43. The predicted octanol–water partition coefficient (Wildman–Crippen LogP) is 5.23. The molecule has 5 rings (SSSR count). The monoisotopic (exact) mass is 408 g/mol. The van der Waals surface area contributed by atoms with Crippen LogP contribution in [-0.4, -0.2) is 20.7 Å². The van der Waals surface area contributed by atoms with Crippen molar-refractivity contribution in [3.8, 4) is 5.69 Å². The highest BCUT2D eigenvalue weighted by Crippen LogP contribution is 2.34. The average molecular weight is 409 g/mol. The number of fused-ring (bicyclic) bond motifs is 2. The standard InChI is InChI=1S/C21H20N4OS2/c1-12-8-9-16-17(10-12)28-21(22-16)23-19(26)18-11-15-13(2)24-25(20(15)27-18)14-6-4-3-5-7-14/h3-7,11-12H,8-10H2,1-2H3,(H,22,23,26)/t12-/m1/s1. The van der Waals surface area contributed by atoms with Gasteiger partial charge in [0.1, 0.15) is 4.83 Å². The summed E-state index contributed by atoms with van der Waals surface area (Å²) in [6.45, 7) is 4.25. The predicted molar refractivity (Wildman–Crippen MR) is 115 cm³/mol. The first-order chi connectivity index (χ1) is 13.6. The summed E-state index contributed by atoms with van der Waals surface area (Å²) >= 11 is 3.09. The molecule has 7 heteroatoms. The summed E-state index contributed by atoms with van der Waals surface area (Å²) in [6.07, 6.45) is 3.26. The van der Waals surface area contributed by atoms with Crippen LogP contribution in [0.1, 0.15) is 39.3 Å². The van der Waals surface area contributed by atoms with Gasteiger partial charge in [0, 0.05) is 10.3 Å². The molecule has 1 amide bonds. The minimum atomic E-state index is -0.0978. The smallest absolute Gasteiger partial charge is 0.267 e. The van der Waals surface area contributed by atoms with E-state index in [0.717, 1.165) is 40.1 Å². The van der Waals surface area contributed by atoms with Gasteiger partial charge in [-0.25, -0.2) is 9.67 Å². The molecule has 4 aromatic rings. The molecule has 1 aliphatic carbocycles. The SMILES string of the molecule is Cc1nn(-c2ccccc2)c2sc(C(=O)Nc3nc4c(s3)C[C@H](C)CC4)cc12. The van der Waals surface area contributed by atoms with Crippen molar-refractivity contribution >= 4 is 43.9 Å². The highest BCUT2D eigenvalue weighted by atomic mass is 32.1. The topological polar surface area (TPSA) is 59.8 Å². The van der Waals surface area contributed by atoms with Gasteiger partial charge in [-0.3, -0.25) is 10.1 Å². The number of aromatic nitrogens is 3.